The van der Waals surface area contributed by atoms with Crippen LogP contribution in [0.5, 0.6) is 0 Å². The van der Waals surface area contributed by atoms with Gasteiger partial charge in [-0.25, -0.2) is 9.55 Å². The van der Waals surface area contributed by atoms with Crippen LogP contribution in [0.2, 0.25) is 0 Å². The molecule has 2 heterocycles. The molecule has 1 aliphatic rings. The van der Waals surface area contributed by atoms with E-state index in [2.05, 4.69) is 23.8 Å². The van der Waals surface area contributed by atoms with Crippen molar-refractivity contribution in [3.63, 3.8) is 0 Å². The maximum absolute atomic E-state index is 12.8. The number of thioether (sulfide) groups is 1. The maximum atomic E-state index is 12.8. The van der Waals surface area contributed by atoms with Gasteiger partial charge in [0.1, 0.15) is 0 Å². The summed E-state index contributed by atoms with van der Waals surface area (Å²) >= 11 is 1.29. The molecular weight excluding hydrogens is 344 g/mol. The SMILES string of the molecule is C=C/C=c1/nc(SCC(=O)N2CCCc3ccccc32)n(C#N)/c1=C/C. The number of rotatable bonds is 4. The minimum Gasteiger partial charge on any atom is -0.311 e. The van der Waals surface area contributed by atoms with Gasteiger partial charge in [0.15, 0.2) is 11.3 Å². The summed E-state index contributed by atoms with van der Waals surface area (Å²) in [6.45, 7) is 6.27. The van der Waals surface area contributed by atoms with Crippen LogP contribution < -0.4 is 15.6 Å². The lowest BCUT2D eigenvalue weighted by Gasteiger charge is -2.29. The van der Waals surface area contributed by atoms with Gasteiger partial charge in [-0.3, -0.25) is 4.79 Å². The molecule has 0 aliphatic carbocycles. The Bertz CT molecular complexity index is 1000. The van der Waals surface area contributed by atoms with E-state index in [0.29, 0.717) is 15.9 Å². The molecule has 6 heteroatoms. The highest BCUT2D eigenvalue weighted by Crippen LogP contribution is 2.27. The van der Waals surface area contributed by atoms with Crippen molar-refractivity contribution in [3.05, 3.63) is 53.2 Å². The molecule has 1 aliphatic heterocycles. The number of imidazole rings is 1. The molecular formula is C20H20N4OS. The fourth-order valence-corrected chi connectivity index (χ4v) is 3.97. The Kier molecular flexibility index (Phi) is 5.59. The zero-order valence-electron chi connectivity index (χ0n) is 14.7. The first kappa shape index (κ1) is 18.0. The Balaban J connectivity index is 1.83. The highest BCUT2D eigenvalue weighted by atomic mass is 32.2. The largest absolute Gasteiger partial charge is 0.311 e. The van der Waals surface area contributed by atoms with Crippen LogP contribution >= 0.6 is 11.8 Å². The van der Waals surface area contributed by atoms with Crippen LogP contribution in [0.25, 0.3) is 12.2 Å². The van der Waals surface area contributed by atoms with Crippen LogP contribution in [-0.4, -0.2) is 27.8 Å². The fraction of sp³-hybridized carbons (Fsp3) is 0.250. The molecule has 0 fully saturated rings. The molecule has 2 aromatic rings. The van der Waals surface area contributed by atoms with E-state index in [1.807, 2.05) is 36.1 Å². The van der Waals surface area contributed by atoms with E-state index in [4.69, 9.17) is 0 Å². The highest BCUT2D eigenvalue weighted by Gasteiger charge is 2.22. The summed E-state index contributed by atoms with van der Waals surface area (Å²) in [7, 11) is 0. The number of hydrogen-bond acceptors (Lipinski definition) is 4. The average molecular weight is 364 g/mol. The number of fused-ring (bicyclic) bond motifs is 1. The van der Waals surface area contributed by atoms with E-state index >= 15 is 0 Å². The van der Waals surface area contributed by atoms with Gasteiger partial charge in [-0.1, -0.05) is 48.7 Å². The van der Waals surface area contributed by atoms with Crippen molar-refractivity contribution in [3.8, 4) is 6.19 Å². The summed E-state index contributed by atoms with van der Waals surface area (Å²) in [5, 5.41) is 11.4. The van der Waals surface area contributed by atoms with E-state index in [1.165, 1.54) is 21.9 Å². The number of nitriles is 1. The number of aromatic nitrogens is 2. The van der Waals surface area contributed by atoms with Crippen molar-refractivity contribution in [2.75, 3.05) is 17.2 Å². The second-order valence-corrected chi connectivity index (χ2v) is 6.80. The van der Waals surface area contributed by atoms with Gasteiger partial charge >= 0.3 is 0 Å². The van der Waals surface area contributed by atoms with Gasteiger partial charge in [0.05, 0.1) is 16.5 Å². The Morgan fingerprint density at radius 3 is 3.00 bits per heavy atom. The predicted molar refractivity (Wildman–Crippen MR) is 105 cm³/mol. The first-order valence-corrected chi connectivity index (χ1v) is 9.47. The molecule has 0 atom stereocenters. The number of carbonyl (C=O) groups is 1. The number of anilines is 1. The lowest BCUT2D eigenvalue weighted by molar-refractivity contribution is -0.116. The number of hydrogen-bond donors (Lipinski definition) is 0. The molecule has 1 amide bonds. The summed E-state index contributed by atoms with van der Waals surface area (Å²) in [5.74, 6) is 0.273. The van der Waals surface area contributed by atoms with E-state index in [0.717, 1.165) is 25.1 Å². The first-order chi connectivity index (χ1) is 12.7. The molecule has 0 N–H and O–H groups in total. The van der Waals surface area contributed by atoms with Crippen molar-refractivity contribution in [2.45, 2.75) is 24.9 Å². The fourth-order valence-electron chi connectivity index (χ4n) is 3.13. The summed E-state index contributed by atoms with van der Waals surface area (Å²) in [4.78, 5) is 19.1. The zero-order chi connectivity index (χ0) is 18.5. The standard InChI is InChI=1S/C20H20N4OS/c1-3-8-16-17(4-2)24(14-21)20(22-16)26-13-19(25)23-12-7-10-15-9-5-6-11-18(15)23/h3-6,8-9,11H,1,7,10,12-13H2,2H3/b16-8+,17-4+. The normalized spacial score (nSPS) is 14.8. The quantitative estimate of drug-likeness (QED) is 0.779. The van der Waals surface area contributed by atoms with Gasteiger partial charge in [-0.15, -0.1) is 0 Å². The van der Waals surface area contributed by atoms with Crippen molar-refractivity contribution < 1.29 is 4.79 Å². The molecule has 0 unspecified atom stereocenters. The summed E-state index contributed by atoms with van der Waals surface area (Å²) in [6.07, 6.45) is 9.34. The van der Waals surface area contributed by atoms with E-state index in [-0.39, 0.29) is 11.7 Å². The molecule has 0 radical (unpaired) electrons. The topological polar surface area (TPSA) is 61.9 Å². The van der Waals surface area contributed by atoms with Crippen LogP contribution in [0.3, 0.4) is 0 Å². The minimum atomic E-state index is 0.0333. The van der Waals surface area contributed by atoms with Crippen LogP contribution in [0, 0.1) is 11.5 Å². The Morgan fingerprint density at radius 1 is 1.46 bits per heavy atom. The lowest BCUT2D eigenvalue weighted by Crippen LogP contribution is -2.36. The number of benzene rings is 1. The van der Waals surface area contributed by atoms with Gasteiger partial charge in [-0.05, 0) is 37.5 Å². The number of aryl methyl sites for hydroxylation is 1. The Morgan fingerprint density at radius 2 is 2.27 bits per heavy atom. The Hall–Kier alpha value is -2.78. The zero-order valence-corrected chi connectivity index (χ0v) is 15.5. The smallest absolute Gasteiger partial charge is 0.237 e. The molecule has 0 saturated heterocycles. The maximum Gasteiger partial charge on any atom is 0.237 e. The molecule has 0 spiro atoms. The second kappa shape index (κ2) is 8.07. The van der Waals surface area contributed by atoms with Crippen LogP contribution in [0.15, 0.2) is 42.1 Å². The lowest BCUT2D eigenvalue weighted by atomic mass is 10.0. The number of amides is 1. The second-order valence-electron chi connectivity index (χ2n) is 5.86. The van der Waals surface area contributed by atoms with Gasteiger partial charge in [0.25, 0.3) is 0 Å². The van der Waals surface area contributed by atoms with Crippen LogP contribution in [-0.2, 0) is 11.2 Å². The molecule has 1 aromatic heterocycles. The molecule has 1 aromatic carbocycles. The molecule has 0 saturated carbocycles. The summed E-state index contributed by atoms with van der Waals surface area (Å²) < 4.78 is 1.46. The van der Waals surface area contributed by atoms with Gasteiger partial charge in [0.2, 0.25) is 5.91 Å². The van der Waals surface area contributed by atoms with Gasteiger partial charge in [0, 0.05) is 12.2 Å². The molecule has 3 rings (SSSR count). The van der Waals surface area contributed by atoms with Crippen molar-refractivity contribution in [1.82, 2.24) is 9.55 Å². The highest BCUT2D eigenvalue weighted by molar-refractivity contribution is 7.99. The number of para-hydroxylation sites is 1. The van der Waals surface area contributed by atoms with Gasteiger partial charge < -0.3 is 4.90 Å². The number of allylic oxidation sites excluding steroid dienone is 1. The molecule has 5 nitrogen and oxygen atoms in total. The van der Waals surface area contributed by atoms with E-state index in [1.54, 1.807) is 12.2 Å². The first-order valence-electron chi connectivity index (χ1n) is 8.48. The third-order valence-corrected chi connectivity index (χ3v) is 5.22. The van der Waals surface area contributed by atoms with Crippen LogP contribution in [0.4, 0.5) is 5.69 Å². The predicted octanol–water partition coefficient (Wildman–Crippen LogP) is 2.05. The number of nitrogens with zero attached hydrogens (tertiary/aromatic N) is 4. The minimum absolute atomic E-state index is 0.0333. The molecule has 26 heavy (non-hydrogen) atoms. The van der Waals surface area contributed by atoms with E-state index in [9.17, 15) is 10.1 Å². The van der Waals surface area contributed by atoms with Crippen molar-refractivity contribution in [1.29, 1.82) is 5.26 Å². The van der Waals surface area contributed by atoms with Crippen molar-refractivity contribution >= 4 is 35.5 Å². The third-order valence-electron chi connectivity index (χ3n) is 4.30. The average Bonchev–Trinajstić information content (AvgIpc) is 3.02. The van der Waals surface area contributed by atoms with Crippen molar-refractivity contribution in [2.24, 2.45) is 0 Å². The third kappa shape index (κ3) is 3.44. The monoisotopic (exact) mass is 364 g/mol. The Labute approximate surface area is 157 Å². The molecule has 132 valence electrons. The van der Waals surface area contributed by atoms with E-state index < -0.39 is 0 Å². The molecule has 0 bridgehead atoms. The number of carbonyl (C=O) groups excluding carboxylic acids is 1. The van der Waals surface area contributed by atoms with Gasteiger partial charge in [-0.2, -0.15) is 5.26 Å². The van der Waals surface area contributed by atoms with Crippen LogP contribution in [0.1, 0.15) is 18.9 Å². The summed E-state index contributed by atoms with van der Waals surface area (Å²) in [6, 6.07) is 8.03. The summed E-state index contributed by atoms with van der Waals surface area (Å²) in [5.41, 5.74) is 2.21.